The summed E-state index contributed by atoms with van der Waals surface area (Å²) in [4.78, 5) is 4.05. The van der Waals surface area contributed by atoms with Crippen LogP contribution in [0.1, 0.15) is 12.2 Å². The fraction of sp³-hybridized carbons (Fsp3) is 0.154. The predicted molar refractivity (Wildman–Crippen MR) is 64.6 cm³/mol. The SMILES string of the molecule is NCCC=Cc1ccc(-c2cccnc2)o1. The summed E-state index contributed by atoms with van der Waals surface area (Å²) in [7, 11) is 0. The molecule has 2 N–H and O–H groups in total. The molecule has 2 aromatic heterocycles. The van der Waals surface area contributed by atoms with Crippen LogP contribution < -0.4 is 5.73 Å². The van der Waals surface area contributed by atoms with Gasteiger partial charge in [-0.15, -0.1) is 0 Å². The van der Waals surface area contributed by atoms with Gasteiger partial charge in [-0.3, -0.25) is 4.98 Å². The Balaban J connectivity index is 2.14. The van der Waals surface area contributed by atoms with Crippen LogP contribution in [0.25, 0.3) is 17.4 Å². The van der Waals surface area contributed by atoms with Crippen LogP contribution in [0.4, 0.5) is 0 Å². The van der Waals surface area contributed by atoms with E-state index in [2.05, 4.69) is 4.98 Å². The van der Waals surface area contributed by atoms with Crippen LogP contribution in [0.2, 0.25) is 0 Å². The maximum atomic E-state index is 5.65. The minimum atomic E-state index is 0.659. The third-order valence-corrected chi connectivity index (χ3v) is 2.19. The van der Waals surface area contributed by atoms with Gasteiger partial charge in [0.2, 0.25) is 0 Å². The lowest BCUT2D eigenvalue weighted by Crippen LogP contribution is -1.94. The second-order valence-corrected chi connectivity index (χ2v) is 3.42. The number of nitrogens with zero attached hydrogens (tertiary/aromatic N) is 1. The molecule has 0 aliphatic heterocycles. The second kappa shape index (κ2) is 5.28. The number of rotatable bonds is 4. The van der Waals surface area contributed by atoms with Crippen LogP contribution in [0.5, 0.6) is 0 Å². The Morgan fingerprint density at radius 3 is 3.00 bits per heavy atom. The Morgan fingerprint density at radius 1 is 1.31 bits per heavy atom. The molecule has 2 rings (SSSR count). The zero-order valence-electron chi connectivity index (χ0n) is 8.97. The first-order valence-corrected chi connectivity index (χ1v) is 5.27. The van der Waals surface area contributed by atoms with E-state index in [1.165, 1.54) is 0 Å². The summed E-state index contributed by atoms with van der Waals surface area (Å²) in [6.07, 6.45) is 8.34. The van der Waals surface area contributed by atoms with E-state index < -0.39 is 0 Å². The fourth-order valence-corrected chi connectivity index (χ4v) is 1.40. The van der Waals surface area contributed by atoms with Crippen molar-refractivity contribution in [3.8, 4) is 11.3 Å². The molecule has 0 aliphatic rings. The second-order valence-electron chi connectivity index (χ2n) is 3.42. The van der Waals surface area contributed by atoms with Crippen molar-refractivity contribution < 1.29 is 4.42 Å². The van der Waals surface area contributed by atoms with Gasteiger partial charge in [-0.2, -0.15) is 0 Å². The lowest BCUT2D eigenvalue weighted by Gasteiger charge is -1.93. The van der Waals surface area contributed by atoms with Crippen LogP contribution in [0, 0.1) is 0 Å². The minimum Gasteiger partial charge on any atom is -0.457 e. The number of nitrogens with two attached hydrogens (primary N) is 1. The molecule has 82 valence electrons. The molecule has 3 heteroatoms. The molecule has 0 spiro atoms. The highest BCUT2D eigenvalue weighted by atomic mass is 16.3. The van der Waals surface area contributed by atoms with E-state index >= 15 is 0 Å². The highest BCUT2D eigenvalue weighted by Gasteiger charge is 2.01. The summed E-state index contributed by atoms with van der Waals surface area (Å²) < 4.78 is 5.65. The van der Waals surface area contributed by atoms with E-state index in [1.807, 2.05) is 36.4 Å². The highest BCUT2D eigenvalue weighted by Crippen LogP contribution is 2.21. The average molecular weight is 214 g/mol. The first-order valence-electron chi connectivity index (χ1n) is 5.27. The van der Waals surface area contributed by atoms with Gasteiger partial charge in [-0.25, -0.2) is 0 Å². The third kappa shape index (κ3) is 2.58. The molecular weight excluding hydrogens is 200 g/mol. The Kier molecular flexibility index (Phi) is 3.51. The summed E-state index contributed by atoms with van der Waals surface area (Å²) in [6.45, 7) is 0.659. The van der Waals surface area contributed by atoms with Gasteiger partial charge in [0, 0.05) is 18.0 Å². The number of hydrogen-bond acceptors (Lipinski definition) is 3. The average Bonchev–Trinajstić information content (AvgIpc) is 2.79. The van der Waals surface area contributed by atoms with Gasteiger partial charge in [0.25, 0.3) is 0 Å². The molecule has 0 bridgehead atoms. The molecule has 2 aromatic rings. The molecule has 0 amide bonds. The Bertz CT molecular complexity index is 460. The third-order valence-electron chi connectivity index (χ3n) is 2.19. The van der Waals surface area contributed by atoms with E-state index in [0.717, 1.165) is 23.5 Å². The molecule has 0 saturated carbocycles. The highest BCUT2D eigenvalue weighted by molar-refractivity contribution is 5.58. The monoisotopic (exact) mass is 214 g/mol. The molecular formula is C13H14N2O. The number of pyridine rings is 1. The Labute approximate surface area is 94.6 Å². The number of hydrogen-bond donors (Lipinski definition) is 1. The summed E-state index contributed by atoms with van der Waals surface area (Å²) in [5.74, 6) is 1.67. The molecule has 0 atom stereocenters. The molecule has 0 saturated heterocycles. The van der Waals surface area contributed by atoms with Crippen molar-refractivity contribution in [2.75, 3.05) is 6.54 Å². The van der Waals surface area contributed by atoms with Crippen molar-refractivity contribution in [3.05, 3.63) is 48.5 Å². The lowest BCUT2D eigenvalue weighted by molar-refractivity contribution is 0.571. The molecule has 16 heavy (non-hydrogen) atoms. The quantitative estimate of drug-likeness (QED) is 0.851. The van der Waals surface area contributed by atoms with Gasteiger partial charge in [-0.05, 0) is 43.3 Å². The molecule has 3 nitrogen and oxygen atoms in total. The van der Waals surface area contributed by atoms with Gasteiger partial charge in [0.1, 0.15) is 11.5 Å². The molecule has 0 radical (unpaired) electrons. The molecule has 0 fully saturated rings. The number of aromatic nitrogens is 1. The van der Waals surface area contributed by atoms with Crippen molar-refractivity contribution in [1.29, 1.82) is 0 Å². The Morgan fingerprint density at radius 2 is 2.25 bits per heavy atom. The molecule has 0 aliphatic carbocycles. The van der Waals surface area contributed by atoms with Crippen LogP contribution in [-0.2, 0) is 0 Å². The Hall–Kier alpha value is -1.87. The van der Waals surface area contributed by atoms with Crippen molar-refractivity contribution in [1.82, 2.24) is 4.98 Å². The van der Waals surface area contributed by atoms with Crippen molar-refractivity contribution in [2.24, 2.45) is 5.73 Å². The maximum Gasteiger partial charge on any atom is 0.136 e. The van der Waals surface area contributed by atoms with E-state index in [1.54, 1.807) is 12.4 Å². The van der Waals surface area contributed by atoms with E-state index in [9.17, 15) is 0 Å². The summed E-state index contributed by atoms with van der Waals surface area (Å²) >= 11 is 0. The van der Waals surface area contributed by atoms with Gasteiger partial charge in [0.15, 0.2) is 0 Å². The van der Waals surface area contributed by atoms with Crippen LogP contribution >= 0.6 is 0 Å². The topological polar surface area (TPSA) is 52.0 Å². The van der Waals surface area contributed by atoms with E-state index in [4.69, 9.17) is 10.2 Å². The zero-order chi connectivity index (χ0) is 11.2. The fourth-order valence-electron chi connectivity index (χ4n) is 1.40. The van der Waals surface area contributed by atoms with Crippen molar-refractivity contribution in [2.45, 2.75) is 6.42 Å². The standard InChI is InChI=1S/C13H14N2O/c14-8-2-1-5-12-6-7-13(16-12)11-4-3-9-15-10-11/h1,3-7,9-10H,2,8,14H2. The molecule has 2 heterocycles. The summed E-state index contributed by atoms with van der Waals surface area (Å²) in [5.41, 5.74) is 6.39. The largest absolute Gasteiger partial charge is 0.457 e. The van der Waals surface area contributed by atoms with Gasteiger partial charge in [0.05, 0.1) is 0 Å². The van der Waals surface area contributed by atoms with Gasteiger partial charge < -0.3 is 10.2 Å². The van der Waals surface area contributed by atoms with Crippen molar-refractivity contribution >= 4 is 6.08 Å². The zero-order valence-corrected chi connectivity index (χ0v) is 8.97. The van der Waals surface area contributed by atoms with Gasteiger partial charge in [-0.1, -0.05) is 6.08 Å². The van der Waals surface area contributed by atoms with E-state index in [-0.39, 0.29) is 0 Å². The summed E-state index contributed by atoms with van der Waals surface area (Å²) in [5, 5.41) is 0. The van der Waals surface area contributed by atoms with Crippen LogP contribution in [0.3, 0.4) is 0 Å². The van der Waals surface area contributed by atoms with Crippen LogP contribution in [0.15, 0.2) is 47.2 Å². The maximum absolute atomic E-state index is 5.65. The van der Waals surface area contributed by atoms with E-state index in [0.29, 0.717) is 6.54 Å². The normalized spacial score (nSPS) is 11.1. The first-order chi connectivity index (χ1) is 7.90. The molecule has 0 aromatic carbocycles. The summed E-state index contributed by atoms with van der Waals surface area (Å²) in [6, 6.07) is 7.75. The van der Waals surface area contributed by atoms with Gasteiger partial charge >= 0.3 is 0 Å². The van der Waals surface area contributed by atoms with Crippen LogP contribution in [-0.4, -0.2) is 11.5 Å². The first kappa shape index (κ1) is 10.6. The van der Waals surface area contributed by atoms with Crippen molar-refractivity contribution in [3.63, 3.8) is 0 Å². The lowest BCUT2D eigenvalue weighted by atomic mass is 10.2. The predicted octanol–water partition coefficient (Wildman–Crippen LogP) is 2.70. The minimum absolute atomic E-state index is 0.659. The smallest absolute Gasteiger partial charge is 0.136 e. The molecule has 0 unspecified atom stereocenters. The number of furan rings is 1.